The van der Waals surface area contributed by atoms with Gasteiger partial charge in [-0.15, -0.1) is 0 Å². The lowest BCUT2D eigenvalue weighted by molar-refractivity contribution is 0.0924. The van der Waals surface area contributed by atoms with Gasteiger partial charge in [0.2, 0.25) is 0 Å². The largest absolute Gasteiger partial charge is 0.395 e. The van der Waals surface area contributed by atoms with Gasteiger partial charge >= 0.3 is 0 Å². The second-order valence-corrected chi connectivity index (χ2v) is 6.18. The normalized spacial score (nSPS) is 11.0. The van der Waals surface area contributed by atoms with Crippen molar-refractivity contribution in [2.75, 3.05) is 13.2 Å². The predicted molar refractivity (Wildman–Crippen MR) is 86.0 cm³/mol. The number of benzene rings is 1. The minimum absolute atomic E-state index is 0.0530. The highest BCUT2D eigenvalue weighted by Gasteiger charge is 2.23. The van der Waals surface area contributed by atoms with E-state index in [0.717, 1.165) is 5.56 Å². The zero-order valence-corrected chi connectivity index (χ0v) is 13.4. The molecule has 0 heterocycles. The van der Waals surface area contributed by atoms with Crippen LogP contribution in [0.25, 0.3) is 0 Å². The monoisotopic (exact) mass is 287 g/mol. The molecule has 1 aromatic rings. The highest BCUT2D eigenvalue weighted by molar-refractivity contribution is 5.94. The second kappa shape index (κ2) is 7.85. The first-order chi connectivity index (χ1) is 9.86. The lowest BCUT2D eigenvalue weighted by Gasteiger charge is -2.29. The van der Waals surface area contributed by atoms with Crippen LogP contribution in [0.1, 0.15) is 50.0 Å². The van der Waals surface area contributed by atoms with Gasteiger partial charge in [0.15, 0.2) is 0 Å². The van der Waals surface area contributed by atoms with Crippen molar-refractivity contribution in [1.82, 2.24) is 5.32 Å². The summed E-state index contributed by atoms with van der Waals surface area (Å²) in [7, 11) is 0. The van der Waals surface area contributed by atoms with Crippen molar-refractivity contribution < 1.29 is 9.90 Å². The Morgan fingerprint density at radius 2 is 2.10 bits per heavy atom. The van der Waals surface area contributed by atoms with Crippen molar-refractivity contribution >= 4 is 5.91 Å². The molecule has 0 aliphatic heterocycles. The predicted octanol–water partition coefficient (Wildman–Crippen LogP) is 2.83. The molecule has 0 aliphatic carbocycles. The van der Waals surface area contributed by atoms with E-state index in [4.69, 9.17) is 5.11 Å². The van der Waals surface area contributed by atoms with Crippen molar-refractivity contribution in [3.05, 3.63) is 35.4 Å². The van der Waals surface area contributed by atoms with E-state index in [1.54, 1.807) is 12.1 Å². The molecule has 1 amide bonds. The highest BCUT2D eigenvalue weighted by atomic mass is 16.2. The van der Waals surface area contributed by atoms with E-state index in [0.29, 0.717) is 24.4 Å². The van der Waals surface area contributed by atoms with E-state index in [-0.39, 0.29) is 17.9 Å². The molecule has 0 spiro atoms. The van der Waals surface area contributed by atoms with Crippen LogP contribution in [0.15, 0.2) is 24.3 Å². The minimum atomic E-state index is -0.0745. The van der Waals surface area contributed by atoms with Crippen LogP contribution in [0, 0.1) is 23.2 Å². The smallest absolute Gasteiger partial charge is 0.251 e. The Hall–Kier alpha value is -1.79. The number of hydrogen-bond donors (Lipinski definition) is 2. The number of aliphatic hydroxyl groups excluding tert-OH is 1. The van der Waals surface area contributed by atoms with Crippen LogP contribution < -0.4 is 5.32 Å². The quantitative estimate of drug-likeness (QED) is 0.818. The van der Waals surface area contributed by atoms with E-state index in [1.807, 2.05) is 12.1 Å². The first kappa shape index (κ1) is 17.3. The van der Waals surface area contributed by atoms with Gasteiger partial charge in [-0.3, -0.25) is 4.79 Å². The van der Waals surface area contributed by atoms with E-state index in [2.05, 4.69) is 44.9 Å². The van der Waals surface area contributed by atoms with Crippen LogP contribution in [-0.2, 0) is 0 Å². The highest BCUT2D eigenvalue weighted by Crippen LogP contribution is 2.24. The van der Waals surface area contributed by atoms with Gasteiger partial charge in [0, 0.05) is 24.1 Å². The number of aliphatic hydroxyl groups is 1. The zero-order chi connectivity index (χ0) is 15.9. The number of carbonyl (C=O) groups is 1. The molecular weight excluding hydrogens is 262 g/mol. The maximum Gasteiger partial charge on any atom is 0.251 e. The number of carbonyl (C=O) groups excluding carboxylic acids is 1. The first-order valence-electron chi connectivity index (χ1n) is 7.35. The summed E-state index contributed by atoms with van der Waals surface area (Å²) in [5.74, 6) is 6.22. The molecule has 0 aromatic heterocycles. The number of hydrogen-bond acceptors (Lipinski definition) is 2. The third kappa shape index (κ3) is 5.61. The fourth-order valence-corrected chi connectivity index (χ4v) is 1.57. The third-order valence-corrected chi connectivity index (χ3v) is 3.86. The van der Waals surface area contributed by atoms with Crippen molar-refractivity contribution in [2.24, 2.45) is 11.3 Å². The molecule has 3 heteroatoms. The van der Waals surface area contributed by atoms with Gasteiger partial charge in [-0.25, -0.2) is 0 Å². The third-order valence-electron chi connectivity index (χ3n) is 3.86. The topological polar surface area (TPSA) is 49.3 Å². The number of amides is 1. The fourth-order valence-electron chi connectivity index (χ4n) is 1.57. The molecule has 3 nitrogen and oxygen atoms in total. The maximum absolute atomic E-state index is 12.2. The maximum atomic E-state index is 12.2. The summed E-state index contributed by atoms with van der Waals surface area (Å²) in [6, 6.07) is 7.25. The van der Waals surface area contributed by atoms with Crippen LogP contribution in [0.4, 0.5) is 0 Å². The molecule has 0 radical (unpaired) electrons. The van der Waals surface area contributed by atoms with Gasteiger partial charge < -0.3 is 10.4 Å². The summed E-state index contributed by atoms with van der Waals surface area (Å²) in [5, 5.41) is 11.7. The Balaban J connectivity index is 2.71. The van der Waals surface area contributed by atoms with Crippen molar-refractivity contribution in [3.8, 4) is 11.8 Å². The summed E-state index contributed by atoms with van der Waals surface area (Å²) >= 11 is 0. The molecule has 0 aliphatic rings. The SMILES string of the molecule is CC(C)C(C)(C)CNC(=O)c1cccc(C#CCCO)c1. The van der Waals surface area contributed by atoms with Crippen LogP contribution in [0.2, 0.25) is 0 Å². The van der Waals surface area contributed by atoms with Crippen LogP contribution in [0.5, 0.6) is 0 Å². The molecular formula is C18H25NO2. The zero-order valence-electron chi connectivity index (χ0n) is 13.4. The van der Waals surface area contributed by atoms with Crippen molar-refractivity contribution in [2.45, 2.75) is 34.1 Å². The Labute approximate surface area is 127 Å². The summed E-state index contributed by atoms with van der Waals surface area (Å²) < 4.78 is 0. The standard InChI is InChI=1S/C18H25NO2/c1-14(2)18(3,4)13-19-17(21)16-10-7-9-15(12-16)8-5-6-11-20/h7,9-10,12,14,20H,6,11,13H2,1-4H3,(H,19,21). The molecule has 21 heavy (non-hydrogen) atoms. The molecule has 0 saturated heterocycles. The van der Waals surface area contributed by atoms with Gasteiger partial charge in [-0.05, 0) is 29.5 Å². The molecule has 0 fully saturated rings. The molecule has 0 unspecified atom stereocenters. The molecule has 1 aromatic carbocycles. The van der Waals surface area contributed by atoms with Gasteiger partial charge in [0.05, 0.1) is 6.61 Å². The van der Waals surface area contributed by atoms with E-state index >= 15 is 0 Å². The van der Waals surface area contributed by atoms with Gasteiger partial charge in [-0.1, -0.05) is 45.6 Å². The second-order valence-electron chi connectivity index (χ2n) is 6.18. The van der Waals surface area contributed by atoms with E-state index in [1.165, 1.54) is 0 Å². The fraction of sp³-hybridized carbons (Fsp3) is 0.500. The number of rotatable bonds is 5. The Bertz CT molecular complexity index is 536. The molecule has 0 bridgehead atoms. The summed E-state index contributed by atoms with van der Waals surface area (Å²) in [5.41, 5.74) is 1.47. The molecule has 2 N–H and O–H groups in total. The summed E-state index contributed by atoms with van der Waals surface area (Å²) in [4.78, 5) is 12.2. The van der Waals surface area contributed by atoms with Crippen LogP contribution in [0.3, 0.4) is 0 Å². The summed E-state index contributed by atoms with van der Waals surface area (Å²) in [6.07, 6.45) is 0.443. The first-order valence-corrected chi connectivity index (χ1v) is 7.35. The Morgan fingerprint density at radius 3 is 2.71 bits per heavy atom. The average Bonchev–Trinajstić information content (AvgIpc) is 2.45. The van der Waals surface area contributed by atoms with Gasteiger partial charge in [0.1, 0.15) is 0 Å². The lowest BCUT2D eigenvalue weighted by atomic mass is 9.81. The van der Waals surface area contributed by atoms with E-state index < -0.39 is 0 Å². The minimum Gasteiger partial charge on any atom is -0.395 e. The molecule has 1 rings (SSSR count). The molecule has 0 atom stereocenters. The Morgan fingerprint density at radius 1 is 1.38 bits per heavy atom. The van der Waals surface area contributed by atoms with Crippen molar-refractivity contribution in [1.29, 1.82) is 0 Å². The molecule has 0 saturated carbocycles. The average molecular weight is 287 g/mol. The molecule has 114 valence electrons. The van der Waals surface area contributed by atoms with Crippen molar-refractivity contribution in [3.63, 3.8) is 0 Å². The van der Waals surface area contributed by atoms with Crippen LogP contribution in [-0.4, -0.2) is 24.2 Å². The lowest BCUT2D eigenvalue weighted by Crippen LogP contribution is -2.36. The van der Waals surface area contributed by atoms with Gasteiger partial charge in [-0.2, -0.15) is 0 Å². The Kier molecular flexibility index (Phi) is 6.45. The van der Waals surface area contributed by atoms with E-state index in [9.17, 15) is 4.79 Å². The number of nitrogens with one attached hydrogen (secondary N) is 1. The van der Waals surface area contributed by atoms with Gasteiger partial charge in [0.25, 0.3) is 5.91 Å². The van der Waals surface area contributed by atoms with Crippen LogP contribution >= 0.6 is 0 Å². The summed E-state index contributed by atoms with van der Waals surface area (Å²) in [6.45, 7) is 9.30.